The van der Waals surface area contributed by atoms with Crippen LogP contribution in [0.25, 0.3) is 0 Å². The lowest BCUT2D eigenvalue weighted by atomic mass is 9.88. The predicted octanol–water partition coefficient (Wildman–Crippen LogP) is 5.03. The van der Waals surface area contributed by atoms with E-state index in [0.717, 1.165) is 31.2 Å². The Morgan fingerprint density at radius 1 is 1.07 bits per heavy atom. The van der Waals surface area contributed by atoms with E-state index in [9.17, 15) is 18.0 Å². The number of carbonyl (C=O) groups excluding carboxylic acids is 1. The molecule has 5 nitrogen and oxygen atoms in total. The Morgan fingerprint density at radius 2 is 1.75 bits per heavy atom. The zero-order chi connectivity index (χ0) is 20.1. The van der Waals surface area contributed by atoms with Crippen molar-refractivity contribution in [2.24, 2.45) is 0 Å². The van der Waals surface area contributed by atoms with Gasteiger partial charge in [0, 0.05) is 11.8 Å². The summed E-state index contributed by atoms with van der Waals surface area (Å²) < 4.78 is 47.8. The highest BCUT2D eigenvalue weighted by atomic mass is 19.3. The van der Waals surface area contributed by atoms with Gasteiger partial charge in [-0.05, 0) is 42.7 Å². The van der Waals surface area contributed by atoms with Gasteiger partial charge in [0.25, 0.3) is 0 Å². The summed E-state index contributed by atoms with van der Waals surface area (Å²) in [6, 6.07) is 9.81. The van der Waals surface area contributed by atoms with Crippen molar-refractivity contribution in [1.82, 2.24) is 5.32 Å². The summed E-state index contributed by atoms with van der Waals surface area (Å²) in [7, 11) is 1.33. The fourth-order valence-electron chi connectivity index (χ4n) is 3.56. The number of amides is 2. The summed E-state index contributed by atoms with van der Waals surface area (Å²) in [5.41, 5.74) is 0.520. The molecule has 2 N–H and O–H groups in total. The summed E-state index contributed by atoms with van der Waals surface area (Å²) in [6.45, 7) is -3.02. The SMILES string of the molecule is COc1ccc(NC(=O)NC2(c3ccc(F)cc3)CCCC2)cc1OC(F)F. The average Bonchev–Trinajstić information content (AvgIpc) is 3.11. The first kappa shape index (κ1) is 19.9. The van der Waals surface area contributed by atoms with Crippen molar-refractivity contribution in [3.8, 4) is 11.5 Å². The van der Waals surface area contributed by atoms with Gasteiger partial charge in [-0.3, -0.25) is 0 Å². The molecule has 2 aromatic rings. The topological polar surface area (TPSA) is 59.6 Å². The summed E-state index contributed by atoms with van der Waals surface area (Å²) in [4.78, 5) is 12.6. The summed E-state index contributed by atoms with van der Waals surface area (Å²) in [5.74, 6) is -0.389. The van der Waals surface area contributed by atoms with Crippen LogP contribution in [0.4, 0.5) is 23.7 Å². The molecule has 1 aliphatic carbocycles. The molecule has 0 unspecified atom stereocenters. The van der Waals surface area contributed by atoms with E-state index in [1.165, 1.54) is 37.4 Å². The monoisotopic (exact) mass is 394 g/mol. The van der Waals surface area contributed by atoms with E-state index < -0.39 is 18.2 Å². The van der Waals surface area contributed by atoms with Gasteiger partial charge in [-0.2, -0.15) is 8.78 Å². The molecule has 0 spiro atoms. The number of benzene rings is 2. The first-order chi connectivity index (χ1) is 13.4. The number of nitrogens with one attached hydrogen (secondary N) is 2. The summed E-state index contributed by atoms with van der Waals surface area (Å²) >= 11 is 0. The van der Waals surface area contributed by atoms with E-state index in [4.69, 9.17) is 4.74 Å². The highest BCUT2D eigenvalue weighted by Gasteiger charge is 2.37. The lowest BCUT2D eigenvalue weighted by Crippen LogP contribution is -2.45. The molecule has 0 radical (unpaired) electrons. The molecule has 150 valence electrons. The number of hydrogen-bond acceptors (Lipinski definition) is 3. The van der Waals surface area contributed by atoms with Crippen LogP contribution in [0.15, 0.2) is 42.5 Å². The third-order valence-corrected chi connectivity index (χ3v) is 4.84. The van der Waals surface area contributed by atoms with Crippen molar-refractivity contribution in [3.05, 3.63) is 53.8 Å². The average molecular weight is 394 g/mol. The maximum atomic E-state index is 13.3. The zero-order valence-corrected chi connectivity index (χ0v) is 15.3. The molecule has 1 fully saturated rings. The number of methoxy groups -OCH3 is 1. The molecule has 0 atom stereocenters. The van der Waals surface area contributed by atoms with Gasteiger partial charge >= 0.3 is 12.6 Å². The van der Waals surface area contributed by atoms with Crippen LogP contribution in [-0.4, -0.2) is 19.8 Å². The van der Waals surface area contributed by atoms with Gasteiger partial charge in [0.1, 0.15) is 5.82 Å². The van der Waals surface area contributed by atoms with Crippen molar-refractivity contribution in [3.63, 3.8) is 0 Å². The second kappa shape index (κ2) is 8.41. The minimum Gasteiger partial charge on any atom is -0.493 e. The Labute approximate surface area is 160 Å². The second-order valence-corrected chi connectivity index (χ2v) is 6.62. The van der Waals surface area contributed by atoms with Crippen LogP contribution in [0.2, 0.25) is 0 Å². The predicted molar refractivity (Wildman–Crippen MR) is 98.3 cm³/mol. The van der Waals surface area contributed by atoms with Crippen LogP contribution in [0.3, 0.4) is 0 Å². The molecular formula is C20H21F3N2O3. The maximum absolute atomic E-state index is 13.3. The number of rotatable bonds is 6. The Kier molecular flexibility index (Phi) is 5.96. The third kappa shape index (κ3) is 4.49. The molecule has 1 aliphatic rings. The number of ether oxygens (including phenoxy) is 2. The van der Waals surface area contributed by atoms with E-state index >= 15 is 0 Å². The number of hydrogen-bond donors (Lipinski definition) is 2. The minimum absolute atomic E-state index is 0.129. The second-order valence-electron chi connectivity index (χ2n) is 6.62. The molecule has 0 bridgehead atoms. The molecule has 0 aromatic heterocycles. The van der Waals surface area contributed by atoms with Gasteiger partial charge in [0.05, 0.1) is 12.6 Å². The van der Waals surface area contributed by atoms with E-state index in [-0.39, 0.29) is 23.0 Å². The largest absolute Gasteiger partial charge is 0.493 e. The summed E-state index contributed by atoms with van der Waals surface area (Å²) in [5, 5.41) is 5.61. The van der Waals surface area contributed by atoms with Gasteiger partial charge in [-0.15, -0.1) is 0 Å². The molecule has 2 amide bonds. The van der Waals surface area contributed by atoms with E-state index in [0.29, 0.717) is 0 Å². The lowest BCUT2D eigenvalue weighted by Gasteiger charge is -2.31. The number of carbonyl (C=O) groups is 1. The Bertz CT molecular complexity index is 822. The lowest BCUT2D eigenvalue weighted by molar-refractivity contribution is -0.0511. The van der Waals surface area contributed by atoms with Gasteiger partial charge in [-0.25, -0.2) is 9.18 Å². The summed E-state index contributed by atoms with van der Waals surface area (Å²) in [6.07, 6.45) is 3.34. The van der Waals surface area contributed by atoms with E-state index in [1.807, 2.05) is 0 Å². The van der Waals surface area contributed by atoms with Gasteiger partial charge in [0.15, 0.2) is 11.5 Å². The molecule has 0 saturated heterocycles. The van der Waals surface area contributed by atoms with E-state index in [2.05, 4.69) is 15.4 Å². The molecule has 2 aromatic carbocycles. The van der Waals surface area contributed by atoms with Gasteiger partial charge in [0.2, 0.25) is 0 Å². The standard InChI is InChI=1S/C20H21F3N2O3/c1-27-16-9-8-15(12-17(16)28-18(22)23)24-19(26)25-20(10-2-3-11-20)13-4-6-14(21)7-5-13/h4-9,12,18H,2-3,10-11H2,1H3,(H2,24,25,26). The Morgan fingerprint density at radius 3 is 2.36 bits per heavy atom. The molecule has 0 aliphatic heterocycles. The van der Waals surface area contributed by atoms with Crippen LogP contribution >= 0.6 is 0 Å². The fourth-order valence-corrected chi connectivity index (χ4v) is 3.56. The number of urea groups is 1. The molecular weight excluding hydrogens is 373 g/mol. The van der Waals surface area contributed by atoms with Crippen molar-refractivity contribution in [1.29, 1.82) is 0 Å². The van der Waals surface area contributed by atoms with Crippen molar-refractivity contribution >= 4 is 11.7 Å². The maximum Gasteiger partial charge on any atom is 0.387 e. The Hall–Kier alpha value is -2.90. The number of anilines is 1. The number of halogens is 3. The van der Waals surface area contributed by atoms with Crippen LogP contribution < -0.4 is 20.1 Å². The highest BCUT2D eigenvalue weighted by molar-refractivity contribution is 5.90. The highest BCUT2D eigenvalue weighted by Crippen LogP contribution is 2.39. The van der Waals surface area contributed by atoms with Gasteiger partial charge in [-0.1, -0.05) is 25.0 Å². The zero-order valence-electron chi connectivity index (χ0n) is 15.3. The fraction of sp³-hybridized carbons (Fsp3) is 0.350. The van der Waals surface area contributed by atoms with Crippen LogP contribution in [0.1, 0.15) is 31.2 Å². The molecule has 28 heavy (non-hydrogen) atoms. The minimum atomic E-state index is -3.02. The smallest absolute Gasteiger partial charge is 0.387 e. The van der Waals surface area contributed by atoms with Crippen molar-refractivity contribution < 1.29 is 27.4 Å². The van der Waals surface area contributed by atoms with Crippen molar-refractivity contribution in [2.75, 3.05) is 12.4 Å². The van der Waals surface area contributed by atoms with Crippen LogP contribution in [0.5, 0.6) is 11.5 Å². The number of alkyl halides is 2. The van der Waals surface area contributed by atoms with Crippen molar-refractivity contribution in [2.45, 2.75) is 37.8 Å². The molecule has 1 saturated carbocycles. The molecule has 0 heterocycles. The van der Waals surface area contributed by atoms with Gasteiger partial charge < -0.3 is 20.1 Å². The first-order valence-electron chi connectivity index (χ1n) is 8.90. The first-order valence-corrected chi connectivity index (χ1v) is 8.90. The molecule has 8 heteroatoms. The third-order valence-electron chi connectivity index (χ3n) is 4.84. The molecule has 3 rings (SSSR count). The van der Waals surface area contributed by atoms with E-state index in [1.54, 1.807) is 12.1 Å². The quantitative estimate of drug-likeness (QED) is 0.723. The Balaban J connectivity index is 1.76. The normalized spacial score (nSPS) is 15.3. The van der Waals surface area contributed by atoms with Crippen LogP contribution in [-0.2, 0) is 5.54 Å². The van der Waals surface area contributed by atoms with Crippen LogP contribution in [0, 0.1) is 5.82 Å².